The molecule has 0 fully saturated rings. The molecule has 1 aromatic carbocycles. The highest BCUT2D eigenvalue weighted by Crippen LogP contribution is 2.30. The highest BCUT2D eigenvalue weighted by atomic mass is 35.5. The van der Waals surface area contributed by atoms with Gasteiger partial charge in [0.1, 0.15) is 5.75 Å². The Morgan fingerprint density at radius 1 is 1.53 bits per heavy atom. The molecule has 0 aliphatic carbocycles. The second-order valence-corrected chi connectivity index (χ2v) is 3.29. The summed E-state index contributed by atoms with van der Waals surface area (Å²) in [6, 6.07) is 5.08. The molecule has 3 N–H and O–H groups in total. The number of carbonyl (C=O) groups excluding carboxylic acids is 1. The van der Waals surface area contributed by atoms with Crippen molar-refractivity contribution in [3.8, 4) is 5.75 Å². The molecule has 1 amide bonds. The van der Waals surface area contributed by atoms with Crippen LogP contribution in [0.2, 0.25) is 0 Å². The second-order valence-electron chi connectivity index (χ2n) is 3.29. The van der Waals surface area contributed by atoms with Gasteiger partial charge in [-0.25, -0.2) is 0 Å². The van der Waals surface area contributed by atoms with Crippen LogP contribution >= 0.6 is 12.4 Å². The molecule has 0 saturated heterocycles. The zero-order valence-corrected chi connectivity index (χ0v) is 9.14. The number of anilines is 1. The van der Waals surface area contributed by atoms with Crippen LogP contribution in [-0.4, -0.2) is 19.1 Å². The van der Waals surface area contributed by atoms with Gasteiger partial charge >= 0.3 is 0 Å². The van der Waals surface area contributed by atoms with Gasteiger partial charge in [0.2, 0.25) is 5.91 Å². The van der Waals surface area contributed by atoms with Crippen molar-refractivity contribution in [2.75, 3.05) is 12.4 Å². The number of benzene rings is 1. The van der Waals surface area contributed by atoms with Crippen molar-refractivity contribution in [3.05, 3.63) is 23.8 Å². The maximum absolute atomic E-state index is 11.3. The molecule has 1 atom stereocenters. The van der Waals surface area contributed by atoms with Crippen molar-refractivity contribution < 1.29 is 9.53 Å². The summed E-state index contributed by atoms with van der Waals surface area (Å²) in [6.07, 6.45) is 0.533. The summed E-state index contributed by atoms with van der Waals surface area (Å²) in [5.41, 5.74) is 7.43. The first-order chi connectivity index (χ1) is 6.72. The Kier molecular flexibility index (Phi) is 3.55. The lowest BCUT2D eigenvalue weighted by atomic mass is 9.99. The van der Waals surface area contributed by atoms with Gasteiger partial charge in [-0.2, -0.15) is 0 Å². The van der Waals surface area contributed by atoms with Gasteiger partial charge in [0, 0.05) is 17.7 Å². The molecular formula is C10H13ClN2O2. The minimum absolute atomic E-state index is 0. The highest BCUT2D eigenvalue weighted by Gasteiger charge is 2.24. The molecule has 5 heteroatoms. The fourth-order valence-electron chi connectivity index (χ4n) is 1.62. The van der Waals surface area contributed by atoms with E-state index in [2.05, 4.69) is 5.32 Å². The molecule has 0 aromatic heterocycles. The molecule has 4 nitrogen and oxygen atoms in total. The fourth-order valence-corrected chi connectivity index (χ4v) is 1.62. The summed E-state index contributed by atoms with van der Waals surface area (Å²) in [5.74, 6) is 0.642. The first-order valence-corrected chi connectivity index (χ1v) is 4.44. The number of ether oxygens (including phenoxy) is 1. The van der Waals surface area contributed by atoms with Gasteiger partial charge in [-0.1, -0.05) is 6.07 Å². The number of methoxy groups -OCH3 is 1. The number of halogens is 1. The van der Waals surface area contributed by atoms with E-state index >= 15 is 0 Å². The Morgan fingerprint density at radius 3 is 2.93 bits per heavy atom. The lowest BCUT2D eigenvalue weighted by molar-refractivity contribution is -0.117. The summed E-state index contributed by atoms with van der Waals surface area (Å²) in [7, 11) is 1.61. The SMILES string of the molecule is COc1cccc2c1CC(N)C(=O)N2.Cl. The number of rotatable bonds is 1. The molecule has 0 radical (unpaired) electrons. The Hall–Kier alpha value is -1.26. The normalized spacial score (nSPS) is 18.5. The van der Waals surface area contributed by atoms with Crippen molar-refractivity contribution in [1.29, 1.82) is 0 Å². The van der Waals surface area contributed by atoms with Crippen molar-refractivity contribution in [3.63, 3.8) is 0 Å². The Bertz CT molecular complexity index is 382. The molecule has 1 aliphatic rings. The van der Waals surface area contributed by atoms with Crippen LogP contribution in [0.15, 0.2) is 18.2 Å². The van der Waals surface area contributed by atoms with E-state index in [4.69, 9.17) is 10.5 Å². The summed E-state index contributed by atoms with van der Waals surface area (Å²) < 4.78 is 5.19. The molecule has 0 spiro atoms. The van der Waals surface area contributed by atoms with Crippen LogP contribution in [0.5, 0.6) is 5.75 Å². The van der Waals surface area contributed by atoms with Crippen LogP contribution in [0.3, 0.4) is 0 Å². The minimum atomic E-state index is -0.473. The van der Waals surface area contributed by atoms with Crippen molar-refractivity contribution in [2.45, 2.75) is 12.5 Å². The third-order valence-electron chi connectivity index (χ3n) is 2.37. The lowest BCUT2D eigenvalue weighted by Crippen LogP contribution is -2.41. The summed E-state index contributed by atoms with van der Waals surface area (Å²) in [6.45, 7) is 0. The smallest absolute Gasteiger partial charge is 0.241 e. The summed E-state index contributed by atoms with van der Waals surface area (Å²) >= 11 is 0. The first kappa shape index (κ1) is 11.8. The van der Waals surface area contributed by atoms with E-state index in [1.54, 1.807) is 7.11 Å². The standard InChI is InChI=1S/C10H12N2O2.ClH/c1-14-9-4-2-3-8-6(9)5-7(11)10(13)12-8;/h2-4,7H,5,11H2,1H3,(H,12,13);1H. The maximum atomic E-state index is 11.3. The predicted molar refractivity (Wildman–Crippen MR) is 60.6 cm³/mol. The number of amides is 1. The van der Waals surface area contributed by atoms with Crippen LogP contribution in [-0.2, 0) is 11.2 Å². The van der Waals surface area contributed by atoms with E-state index < -0.39 is 6.04 Å². The second kappa shape index (κ2) is 4.51. The van der Waals surface area contributed by atoms with Crippen LogP contribution in [0.4, 0.5) is 5.69 Å². The van der Waals surface area contributed by atoms with Gasteiger partial charge in [-0.05, 0) is 12.1 Å². The number of nitrogens with one attached hydrogen (secondary N) is 1. The summed E-state index contributed by atoms with van der Waals surface area (Å²) in [5, 5.41) is 2.74. The lowest BCUT2D eigenvalue weighted by Gasteiger charge is -2.23. The maximum Gasteiger partial charge on any atom is 0.241 e. The third kappa shape index (κ3) is 2.06. The van der Waals surface area contributed by atoms with Gasteiger partial charge in [0.25, 0.3) is 0 Å². The molecule has 1 aromatic rings. The van der Waals surface area contributed by atoms with E-state index in [0.29, 0.717) is 6.42 Å². The zero-order valence-electron chi connectivity index (χ0n) is 8.32. The Labute approximate surface area is 94.2 Å². The van der Waals surface area contributed by atoms with Crippen molar-refractivity contribution in [1.82, 2.24) is 0 Å². The molecular weight excluding hydrogens is 216 g/mol. The zero-order chi connectivity index (χ0) is 10.1. The van der Waals surface area contributed by atoms with Crippen molar-refractivity contribution >= 4 is 24.0 Å². The number of nitrogens with two attached hydrogens (primary N) is 1. The third-order valence-corrected chi connectivity index (χ3v) is 2.37. The molecule has 1 unspecified atom stereocenters. The Balaban J connectivity index is 0.00000112. The predicted octanol–water partition coefficient (Wildman–Crippen LogP) is 0.939. The topological polar surface area (TPSA) is 64.3 Å². The van der Waals surface area contributed by atoms with Crippen LogP contribution in [0.1, 0.15) is 5.56 Å². The largest absolute Gasteiger partial charge is 0.496 e. The molecule has 0 bridgehead atoms. The quantitative estimate of drug-likeness (QED) is 0.752. The molecule has 1 aliphatic heterocycles. The van der Waals surface area contributed by atoms with E-state index in [9.17, 15) is 4.79 Å². The average molecular weight is 229 g/mol. The van der Waals surface area contributed by atoms with E-state index in [1.807, 2.05) is 18.2 Å². The van der Waals surface area contributed by atoms with Gasteiger partial charge < -0.3 is 15.8 Å². The number of carbonyl (C=O) groups is 1. The number of hydrogen-bond donors (Lipinski definition) is 2. The molecule has 1 heterocycles. The molecule has 0 saturated carbocycles. The summed E-state index contributed by atoms with van der Waals surface area (Å²) in [4.78, 5) is 11.3. The van der Waals surface area contributed by atoms with Gasteiger partial charge in [0.15, 0.2) is 0 Å². The monoisotopic (exact) mass is 228 g/mol. The van der Waals surface area contributed by atoms with E-state index in [1.165, 1.54) is 0 Å². The van der Waals surface area contributed by atoms with Crippen LogP contribution < -0.4 is 15.8 Å². The van der Waals surface area contributed by atoms with Crippen LogP contribution in [0, 0.1) is 0 Å². The minimum Gasteiger partial charge on any atom is -0.496 e. The molecule has 15 heavy (non-hydrogen) atoms. The molecule has 2 rings (SSSR count). The number of fused-ring (bicyclic) bond motifs is 1. The van der Waals surface area contributed by atoms with Gasteiger partial charge in [-0.15, -0.1) is 12.4 Å². The van der Waals surface area contributed by atoms with Gasteiger partial charge in [0.05, 0.1) is 13.2 Å². The van der Waals surface area contributed by atoms with Gasteiger partial charge in [-0.3, -0.25) is 4.79 Å². The Morgan fingerprint density at radius 2 is 2.27 bits per heavy atom. The van der Waals surface area contributed by atoms with E-state index in [-0.39, 0.29) is 18.3 Å². The number of hydrogen-bond acceptors (Lipinski definition) is 3. The van der Waals surface area contributed by atoms with Crippen LogP contribution in [0.25, 0.3) is 0 Å². The molecule has 82 valence electrons. The first-order valence-electron chi connectivity index (χ1n) is 4.44. The fraction of sp³-hybridized carbons (Fsp3) is 0.300. The van der Waals surface area contributed by atoms with Crippen molar-refractivity contribution in [2.24, 2.45) is 5.73 Å². The van der Waals surface area contributed by atoms with E-state index in [0.717, 1.165) is 17.0 Å². The highest BCUT2D eigenvalue weighted by molar-refractivity contribution is 5.98. The average Bonchev–Trinajstić information content (AvgIpc) is 2.19.